The summed E-state index contributed by atoms with van der Waals surface area (Å²) in [6.45, 7) is 5.99. The fourth-order valence-corrected chi connectivity index (χ4v) is 2.88. The molecule has 0 amide bonds. The minimum absolute atomic E-state index is 0.627. The number of hydrogen-bond acceptors (Lipinski definition) is 1. The number of rotatable bonds is 4. The second-order valence-electron chi connectivity index (χ2n) is 4.76. The van der Waals surface area contributed by atoms with Crippen LogP contribution in [0.1, 0.15) is 52.4 Å². The topological polar surface area (TPSA) is 12.0 Å². The van der Waals surface area contributed by atoms with Gasteiger partial charge in [-0.3, -0.25) is 0 Å². The Hall–Kier alpha value is -0.0400. The molecule has 0 heterocycles. The van der Waals surface area contributed by atoms with E-state index in [2.05, 4.69) is 26.2 Å². The summed E-state index contributed by atoms with van der Waals surface area (Å²) in [7, 11) is 2.10. The highest BCUT2D eigenvalue weighted by atomic mass is 14.8. The first kappa shape index (κ1) is 11.0. The van der Waals surface area contributed by atoms with Crippen molar-refractivity contribution in [1.29, 1.82) is 0 Å². The molecule has 0 bridgehead atoms. The molecule has 1 saturated carbocycles. The second kappa shape index (κ2) is 4.99. The molecule has 1 heteroatoms. The minimum atomic E-state index is 0.627. The first-order valence-electron chi connectivity index (χ1n) is 5.90. The number of hydrogen-bond donors (Lipinski definition) is 1. The Morgan fingerprint density at radius 3 is 2.31 bits per heavy atom. The molecule has 0 saturated heterocycles. The first-order valence-corrected chi connectivity index (χ1v) is 5.90. The van der Waals surface area contributed by atoms with Crippen LogP contribution in [0.25, 0.3) is 0 Å². The molecule has 0 spiro atoms. The van der Waals surface area contributed by atoms with E-state index in [1.165, 1.54) is 45.1 Å². The molecule has 1 unspecified atom stereocenters. The van der Waals surface area contributed by atoms with Crippen molar-refractivity contribution in [2.45, 2.75) is 52.4 Å². The molecule has 0 radical (unpaired) electrons. The quantitative estimate of drug-likeness (QED) is 0.705. The maximum absolute atomic E-state index is 3.39. The first-order chi connectivity index (χ1) is 6.25. The van der Waals surface area contributed by atoms with Gasteiger partial charge in [0.15, 0.2) is 0 Å². The van der Waals surface area contributed by atoms with Gasteiger partial charge in [0.1, 0.15) is 0 Å². The fourth-order valence-electron chi connectivity index (χ4n) is 2.88. The van der Waals surface area contributed by atoms with Crippen LogP contribution < -0.4 is 5.32 Å². The van der Waals surface area contributed by atoms with Crippen LogP contribution in [0, 0.1) is 11.3 Å². The van der Waals surface area contributed by atoms with E-state index >= 15 is 0 Å². The summed E-state index contributed by atoms with van der Waals surface area (Å²) < 4.78 is 0. The highest BCUT2D eigenvalue weighted by Crippen LogP contribution is 2.43. The van der Waals surface area contributed by atoms with Crippen LogP contribution >= 0.6 is 0 Å². The van der Waals surface area contributed by atoms with Crippen molar-refractivity contribution in [3.63, 3.8) is 0 Å². The van der Waals surface area contributed by atoms with Crippen molar-refractivity contribution >= 4 is 0 Å². The van der Waals surface area contributed by atoms with Crippen LogP contribution in [0.3, 0.4) is 0 Å². The Morgan fingerprint density at radius 2 is 1.85 bits per heavy atom. The van der Waals surface area contributed by atoms with Gasteiger partial charge in [-0.1, -0.05) is 39.5 Å². The molecule has 13 heavy (non-hydrogen) atoms. The lowest BCUT2D eigenvalue weighted by atomic mass is 9.65. The second-order valence-corrected chi connectivity index (χ2v) is 4.76. The maximum Gasteiger partial charge on any atom is 0.000735 e. The summed E-state index contributed by atoms with van der Waals surface area (Å²) >= 11 is 0. The molecule has 1 fully saturated rings. The van der Waals surface area contributed by atoms with Crippen LogP contribution in [0.4, 0.5) is 0 Å². The molecule has 0 aromatic rings. The molecule has 1 atom stereocenters. The zero-order chi connectivity index (χ0) is 9.73. The molecule has 0 aromatic heterocycles. The third kappa shape index (κ3) is 2.46. The van der Waals surface area contributed by atoms with Crippen LogP contribution in [-0.2, 0) is 0 Å². The van der Waals surface area contributed by atoms with Gasteiger partial charge in [0.25, 0.3) is 0 Å². The summed E-state index contributed by atoms with van der Waals surface area (Å²) in [5.74, 6) is 0.889. The Kier molecular flexibility index (Phi) is 4.24. The maximum atomic E-state index is 3.39. The molecule has 1 rings (SSSR count). The Labute approximate surface area is 83.3 Å². The van der Waals surface area contributed by atoms with E-state index in [4.69, 9.17) is 0 Å². The van der Waals surface area contributed by atoms with E-state index in [0.717, 1.165) is 5.92 Å². The third-order valence-corrected chi connectivity index (χ3v) is 4.04. The third-order valence-electron chi connectivity index (χ3n) is 4.04. The molecule has 1 N–H and O–H groups in total. The van der Waals surface area contributed by atoms with E-state index in [0.29, 0.717) is 5.41 Å². The predicted octanol–water partition coefficient (Wildman–Crippen LogP) is 3.20. The van der Waals surface area contributed by atoms with Crippen LogP contribution in [0.2, 0.25) is 0 Å². The van der Waals surface area contributed by atoms with Gasteiger partial charge in [0.05, 0.1) is 0 Å². The van der Waals surface area contributed by atoms with Gasteiger partial charge in [-0.15, -0.1) is 0 Å². The van der Waals surface area contributed by atoms with E-state index < -0.39 is 0 Å². The molecule has 78 valence electrons. The smallest absolute Gasteiger partial charge is 0.000735 e. The van der Waals surface area contributed by atoms with Gasteiger partial charge in [-0.25, -0.2) is 0 Å². The van der Waals surface area contributed by atoms with Crippen molar-refractivity contribution in [2.75, 3.05) is 13.6 Å². The van der Waals surface area contributed by atoms with Gasteiger partial charge in [-0.2, -0.15) is 0 Å². The summed E-state index contributed by atoms with van der Waals surface area (Å²) in [6, 6.07) is 0. The lowest BCUT2D eigenvalue weighted by Gasteiger charge is -2.42. The van der Waals surface area contributed by atoms with Crippen LogP contribution in [-0.4, -0.2) is 13.6 Å². The minimum Gasteiger partial charge on any atom is -0.319 e. The highest BCUT2D eigenvalue weighted by Gasteiger charge is 2.35. The van der Waals surface area contributed by atoms with Crippen molar-refractivity contribution in [3.05, 3.63) is 0 Å². The van der Waals surface area contributed by atoms with E-state index in [9.17, 15) is 0 Å². The lowest BCUT2D eigenvalue weighted by molar-refractivity contribution is 0.104. The largest absolute Gasteiger partial charge is 0.319 e. The van der Waals surface area contributed by atoms with Gasteiger partial charge in [0.2, 0.25) is 0 Å². The van der Waals surface area contributed by atoms with E-state index in [-0.39, 0.29) is 0 Å². The molecule has 1 aliphatic carbocycles. The summed E-state index contributed by atoms with van der Waals surface area (Å²) in [5.41, 5.74) is 0.627. The highest BCUT2D eigenvalue weighted by molar-refractivity contribution is 4.88. The van der Waals surface area contributed by atoms with Gasteiger partial charge >= 0.3 is 0 Å². The van der Waals surface area contributed by atoms with Gasteiger partial charge < -0.3 is 5.32 Å². The Bertz CT molecular complexity index is 131. The predicted molar refractivity (Wildman–Crippen MR) is 58.9 cm³/mol. The lowest BCUT2D eigenvalue weighted by Crippen LogP contribution is -2.39. The molecule has 0 aromatic carbocycles. The standard InChI is InChI=1S/C12H25N/c1-4-11(2)12(10-13-3)8-6-5-7-9-12/h11,13H,4-10H2,1-3H3. The van der Waals surface area contributed by atoms with Crippen molar-refractivity contribution in [3.8, 4) is 0 Å². The van der Waals surface area contributed by atoms with E-state index in [1.807, 2.05) is 0 Å². The molecular formula is C12H25N. The summed E-state index contributed by atoms with van der Waals surface area (Å²) in [4.78, 5) is 0. The SMILES string of the molecule is CCC(C)C1(CNC)CCCCC1. The average molecular weight is 183 g/mol. The average Bonchev–Trinajstić information content (AvgIpc) is 2.18. The van der Waals surface area contributed by atoms with Gasteiger partial charge in [-0.05, 0) is 31.2 Å². The van der Waals surface area contributed by atoms with Crippen molar-refractivity contribution in [2.24, 2.45) is 11.3 Å². The normalized spacial score (nSPS) is 24.2. The van der Waals surface area contributed by atoms with E-state index in [1.54, 1.807) is 0 Å². The van der Waals surface area contributed by atoms with Crippen molar-refractivity contribution < 1.29 is 0 Å². The summed E-state index contributed by atoms with van der Waals surface area (Å²) in [5, 5.41) is 3.39. The van der Waals surface area contributed by atoms with Crippen LogP contribution in [0.15, 0.2) is 0 Å². The van der Waals surface area contributed by atoms with Gasteiger partial charge in [0, 0.05) is 6.54 Å². The molecule has 1 aliphatic rings. The molecular weight excluding hydrogens is 158 g/mol. The Balaban J connectivity index is 2.60. The zero-order valence-electron chi connectivity index (χ0n) is 9.53. The van der Waals surface area contributed by atoms with Crippen LogP contribution in [0.5, 0.6) is 0 Å². The Morgan fingerprint density at radius 1 is 1.23 bits per heavy atom. The van der Waals surface area contributed by atoms with Crippen molar-refractivity contribution in [1.82, 2.24) is 5.32 Å². The number of nitrogens with one attached hydrogen (secondary N) is 1. The fraction of sp³-hybridized carbons (Fsp3) is 1.00. The zero-order valence-corrected chi connectivity index (χ0v) is 9.53. The summed E-state index contributed by atoms with van der Waals surface area (Å²) in [6.07, 6.45) is 8.59. The molecule has 0 aliphatic heterocycles. The monoisotopic (exact) mass is 183 g/mol. The molecule has 1 nitrogen and oxygen atoms in total.